The molecule has 1 aromatic carbocycles. The predicted octanol–water partition coefficient (Wildman–Crippen LogP) is 2.29. The van der Waals surface area contributed by atoms with Gasteiger partial charge in [0.05, 0.1) is 6.42 Å². The summed E-state index contributed by atoms with van der Waals surface area (Å²) in [6.45, 7) is 1.05. The Morgan fingerprint density at radius 2 is 1.95 bits per heavy atom. The first-order valence-electron chi connectivity index (χ1n) is 5.99. The van der Waals surface area contributed by atoms with Crippen LogP contribution in [-0.4, -0.2) is 35.0 Å². The second-order valence-electron chi connectivity index (χ2n) is 4.59. The van der Waals surface area contributed by atoms with E-state index in [1.54, 1.807) is 23.1 Å². The molecule has 0 radical (unpaired) electrons. The number of hydrogen-bond acceptors (Lipinski definition) is 2. The van der Waals surface area contributed by atoms with E-state index in [0.29, 0.717) is 18.1 Å². The number of carbonyl (C=O) groups excluding carboxylic acids is 1. The van der Waals surface area contributed by atoms with Gasteiger partial charge in [-0.3, -0.25) is 9.59 Å². The van der Waals surface area contributed by atoms with Crippen molar-refractivity contribution in [2.75, 3.05) is 13.1 Å². The lowest BCUT2D eigenvalue weighted by Gasteiger charge is -2.37. The minimum Gasteiger partial charge on any atom is -0.481 e. The third-order valence-corrected chi connectivity index (χ3v) is 3.27. The summed E-state index contributed by atoms with van der Waals surface area (Å²) in [5, 5.41) is 9.28. The van der Waals surface area contributed by atoms with E-state index < -0.39 is 5.97 Å². The van der Waals surface area contributed by atoms with Crippen LogP contribution in [0.1, 0.15) is 12.0 Å². The molecule has 5 heteroatoms. The number of amides is 1. The molecule has 1 saturated heterocycles. The van der Waals surface area contributed by atoms with Crippen molar-refractivity contribution in [2.24, 2.45) is 5.92 Å². The third-order valence-electron chi connectivity index (χ3n) is 3.02. The van der Waals surface area contributed by atoms with E-state index in [4.69, 9.17) is 16.7 Å². The molecule has 0 atom stereocenters. The molecule has 0 aromatic heterocycles. The number of benzene rings is 1. The number of hydrogen-bond donors (Lipinski definition) is 1. The number of carbonyl (C=O) groups is 2. The maximum Gasteiger partial charge on any atom is 0.303 e. The van der Waals surface area contributed by atoms with Crippen LogP contribution in [0.3, 0.4) is 0 Å². The summed E-state index contributed by atoms with van der Waals surface area (Å²) >= 11 is 5.77. The summed E-state index contributed by atoms with van der Waals surface area (Å²) in [4.78, 5) is 23.9. The number of nitrogens with zero attached hydrogens (tertiary/aromatic N) is 1. The molecule has 0 unspecified atom stereocenters. The van der Waals surface area contributed by atoms with Gasteiger partial charge in [-0.1, -0.05) is 23.7 Å². The zero-order valence-electron chi connectivity index (χ0n) is 10.3. The molecular weight excluding hydrogens is 266 g/mol. The topological polar surface area (TPSA) is 57.6 Å². The molecule has 4 nitrogen and oxygen atoms in total. The Bertz CT molecular complexity index is 504. The Morgan fingerprint density at radius 3 is 2.53 bits per heavy atom. The van der Waals surface area contributed by atoms with Crippen molar-refractivity contribution in [3.05, 3.63) is 40.9 Å². The Kier molecular flexibility index (Phi) is 4.22. The molecule has 19 heavy (non-hydrogen) atoms. The van der Waals surface area contributed by atoms with E-state index in [1.807, 2.05) is 12.1 Å². The normalized spacial score (nSPS) is 15.5. The van der Waals surface area contributed by atoms with Gasteiger partial charge < -0.3 is 10.0 Å². The Morgan fingerprint density at radius 1 is 1.32 bits per heavy atom. The molecule has 1 amide bonds. The second-order valence-corrected chi connectivity index (χ2v) is 5.03. The first-order chi connectivity index (χ1) is 9.04. The van der Waals surface area contributed by atoms with Gasteiger partial charge in [-0.15, -0.1) is 0 Å². The first kappa shape index (κ1) is 13.6. The monoisotopic (exact) mass is 279 g/mol. The number of carboxylic acid groups (broad SMARTS) is 1. The van der Waals surface area contributed by atoms with Gasteiger partial charge in [0.1, 0.15) is 0 Å². The molecule has 1 fully saturated rings. The lowest BCUT2D eigenvalue weighted by atomic mass is 9.96. The Hall–Kier alpha value is -1.81. The van der Waals surface area contributed by atoms with Crippen molar-refractivity contribution in [3.63, 3.8) is 0 Å². The number of aliphatic carboxylic acids is 1. The van der Waals surface area contributed by atoms with Gasteiger partial charge in [-0.2, -0.15) is 0 Å². The molecule has 0 bridgehead atoms. The minimum atomic E-state index is -0.811. The molecule has 0 spiro atoms. The highest BCUT2D eigenvalue weighted by atomic mass is 35.5. The number of rotatable bonds is 4. The van der Waals surface area contributed by atoms with E-state index in [2.05, 4.69) is 0 Å². The van der Waals surface area contributed by atoms with E-state index in [1.165, 1.54) is 6.08 Å². The van der Waals surface area contributed by atoms with Crippen LogP contribution in [0, 0.1) is 5.92 Å². The van der Waals surface area contributed by atoms with E-state index in [0.717, 1.165) is 5.56 Å². The highest BCUT2D eigenvalue weighted by Gasteiger charge is 2.30. The lowest BCUT2D eigenvalue weighted by molar-refractivity contribution is -0.143. The number of halogens is 1. The molecular formula is C14H14ClNO3. The highest BCUT2D eigenvalue weighted by Crippen LogP contribution is 2.19. The molecule has 1 heterocycles. The summed E-state index contributed by atoms with van der Waals surface area (Å²) in [5.74, 6) is -0.809. The third kappa shape index (κ3) is 3.83. The van der Waals surface area contributed by atoms with Gasteiger partial charge in [0, 0.05) is 30.1 Å². The van der Waals surface area contributed by atoms with Crippen molar-refractivity contribution >= 4 is 29.6 Å². The molecule has 100 valence electrons. The van der Waals surface area contributed by atoms with Crippen LogP contribution in [0.15, 0.2) is 30.3 Å². The van der Waals surface area contributed by atoms with E-state index in [-0.39, 0.29) is 18.2 Å². The Balaban J connectivity index is 1.82. The standard InChI is InChI=1S/C14H14ClNO3/c15-12-4-1-10(2-5-12)3-6-13(17)16-8-11(9-16)7-14(18)19/h1-6,11H,7-9H2,(H,18,19). The van der Waals surface area contributed by atoms with Gasteiger partial charge in [0.15, 0.2) is 0 Å². The maximum atomic E-state index is 11.8. The zero-order chi connectivity index (χ0) is 13.8. The Labute approximate surface area is 116 Å². The SMILES string of the molecule is O=C(O)CC1CN(C(=O)C=Cc2ccc(Cl)cc2)C1. The summed E-state index contributed by atoms with van der Waals surface area (Å²) in [7, 11) is 0. The van der Waals surface area contributed by atoms with Crippen LogP contribution in [0.4, 0.5) is 0 Å². The molecule has 2 rings (SSSR count). The number of likely N-dealkylation sites (tertiary alicyclic amines) is 1. The largest absolute Gasteiger partial charge is 0.481 e. The van der Waals surface area contributed by atoms with E-state index >= 15 is 0 Å². The molecule has 0 saturated carbocycles. The average Bonchev–Trinajstić information content (AvgIpc) is 2.32. The van der Waals surface area contributed by atoms with Crippen molar-refractivity contribution in [2.45, 2.75) is 6.42 Å². The van der Waals surface area contributed by atoms with Crippen molar-refractivity contribution in [1.82, 2.24) is 4.90 Å². The van der Waals surface area contributed by atoms with Gasteiger partial charge in [0.2, 0.25) is 5.91 Å². The predicted molar refractivity (Wildman–Crippen MR) is 72.8 cm³/mol. The molecule has 1 aliphatic heterocycles. The zero-order valence-corrected chi connectivity index (χ0v) is 11.0. The fraction of sp³-hybridized carbons (Fsp3) is 0.286. The van der Waals surface area contributed by atoms with Crippen LogP contribution < -0.4 is 0 Å². The van der Waals surface area contributed by atoms with Gasteiger partial charge in [0.25, 0.3) is 0 Å². The molecule has 1 aromatic rings. The van der Waals surface area contributed by atoms with Crippen LogP contribution in [0.5, 0.6) is 0 Å². The van der Waals surface area contributed by atoms with Crippen LogP contribution in [-0.2, 0) is 9.59 Å². The minimum absolute atomic E-state index is 0.0865. The molecule has 1 N–H and O–H groups in total. The second kappa shape index (κ2) is 5.89. The van der Waals surface area contributed by atoms with Crippen LogP contribution in [0.2, 0.25) is 5.02 Å². The van der Waals surface area contributed by atoms with Crippen molar-refractivity contribution < 1.29 is 14.7 Å². The van der Waals surface area contributed by atoms with Crippen molar-refractivity contribution in [1.29, 1.82) is 0 Å². The van der Waals surface area contributed by atoms with Crippen LogP contribution in [0.25, 0.3) is 6.08 Å². The summed E-state index contributed by atoms with van der Waals surface area (Å²) < 4.78 is 0. The van der Waals surface area contributed by atoms with Gasteiger partial charge in [-0.25, -0.2) is 0 Å². The lowest BCUT2D eigenvalue weighted by Crippen LogP contribution is -2.49. The fourth-order valence-electron chi connectivity index (χ4n) is 1.97. The summed E-state index contributed by atoms with van der Waals surface area (Å²) in [6.07, 6.45) is 3.36. The van der Waals surface area contributed by atoms with Gasteiger partial charge >= 0.3 is 5.97 Å². The van der Waals surface area contributed by atoms with Crippen LogP contribution >= 0.6 is 11.6 Å². The van der Waals surface area contributed by atoms with Gasteiger partial charge in [-0.05, 0) is 23.8 Å². The van der Waals surface area contributed by atoms with E-state index in [9.17, 15) is 9.59 Å². The van der Waals surface area contributed by atoms with Crippen molar-refractivity contribution in [3.8, 4) is 0 Å². The number of carboxylic acids is 1. The maximum absolute atomic E-state index is 11.8. The summed E-state index contributed by atoms with van der Waals surface area (Å²) in [6, 6.07) is 7.18. The smallest absolute Gasteiger partial charge is 0.303 e. The molecule has 1 aliphatic rings. The quantitative estimate of drug-likeness (QED) is 0.860. The highest BCUT2D eigenvalue weighted by molar-refractivity contribution is 6.30. The molecule has 0 aliphatic carbocycles. The first-order valence-corrected chi connectivity index (χ1v) is 6.37. The average molecular weight is 280 g/mol. The summed E-state index contributed by atoms with van der Waals surface area (Å²) in [5.41, 5.74) is 0.903. The fourth-order valence-corrected chi connectivity index (χ4v) is 2.10.